The first-order chi connectivity index (χ1) is 16.3. The number of carbonyl (C=O) groups is 3. The van der Waals surface area contributed by atoms with Crippen LogP contribution in [0.15, 0.2) is 66.7 Å². The molecule has 0 fully saturated rings. The molecule has 0 aromatic heterocycles. The van der Waals surface area contributed by atoms with Crippen molar-refractivity contribution in [2.24, 2.45) is 0 Å². The maximum absolute atomic E-state index is 12.2. The molecule has 0 atom stereocenters. The van der Waals surface area contributed by atoms with Crippen molar-refractivity contribution in [3.8, 4) is 11.5 Å². The highest BCUT2D eigenvalue weighted by Gasteiger charge is 2.12. The van der Waals surface area contributed by atoms with Crippen molar-refractivity contribution in [1.82, 2.24) is 0 Å². The van der Waals surface area contributed by atoms with Crippen LogP contribution in [0.5, 0.6) is 11.5 Å². The standard InChI is InChI=1S/C25H23ClN2O6/c1-16-6-9-18(26)12-22(16)28-24(30)15-34-25(31)17-7-10-20(11-8-17)33-14-23(29)27-19-4-3-5-21(13-19)32-2/h3-13H,14-15H2,1-2H3,(H,27,29)(H,28,30). The second-order valence-electron chi connectivity index (χ2n) is 7.18. The summed E-state index contributed by atoms with van der Waals surface area (Å²) in [7, 11) is 1.54. The SMILES string of the molecule is COc1cccc(NC(=O)COc2ccc(C(=O)OCC(=O)Nc3cc(Cl)ccc3C)cc2)c1. The van der Waals surface area contributed by atoms with E-state index in [2.05, 4.69) is 10.6 Å². The zero-order chi connectivity index (χ0) is 24.5. The van der Waals surface area contributed by atoms with Gasteiger partial charge in [0, 0.05) is 22.5 Å². The number of ether oxygens (including phenoxy) is 3. The molecule has 9 heteroatoms. The smallest absolute Gasteiger partial charge is 0.338 e. The number of hydrogen-bond donors (Lipinski definition) is 2. The van der Waals surface area contributed by atoms with E-state index in [9.17, 15) is 14.4 Å². The van der Waals surface area contributed by atoms with E-state index in [1.807, 2.05) is 6.92 Å². The Balaban J connectivity index is 1.45. The number of nitrogens with one attached hydrogen (secondary N) is 2. The molecule has 0 unspecified atom stereocenters. The lowest BCUT2D eigenvalue weighted by molar-refractivity contribution is -0.119. The number of rotatable bonds is 9. The molecule has 2 amide bonds. The lowest BCUT2D eigenvalue weighted by Gasteiger charge is -2.10. The summed E-state index contributed by atoms with van der Waals surface area (Å²) in [5.41, 5.74) is 2.20. The second kappa shape index (κ2) is 11.7. The molecule has 8 nitrogen and oxygen atoms in total. The summed E-state index contributed by atoms with van der Waals surface area (Å²) in [4.78, 5) is 36.4. The van der Waals surface area contributed by atoms with Gasteiger partial charge in [0.1, 0.15) is 11.5 Å². The fourth-order valence-corrected chi connectivity index (χ4v) is 3.04. The number of anilines is 2. The van der Waals surface area contributed by atoms with Gasteiger partial charge in [-0.3, -0.25) is 9.59 Å². The topological polar surface area (TPSA) is 103 Å². The van der Waals surface area contributed by atoms with E-state index in [4.69, 9.17) is 25.8 Å². The fraction of sp³-hybridized carbons (Fsp3) is 0.160. The zero-order valence-electron chi connectivity index (χ0n) is 18.6. The molecule has 3 aromatic carbocycles. The Morgan fingerprint density at radius 1 is 0.853 bits per heavy atom. The largest absolute Gasteiger partial charge is 0.497 e. The van der Waals surface area contributed by atoms with Gasteiger partial charge in [0.2, 0.25) is 0 Å². The predicted molar refractivity (Wildman–Crippen MR) is 129 cm³/mol. The first-order valence-corrected chi connectivity index (χ1v) is 10.6. The molecule has 176 valence electrons. The van der Waals surface area contributed by atoms with Gasteiger partial charge in [0.25, 0.3) is 11.8 Å². The number of amides is 2. The summed E-state index contributed by atoms with van der Waals surface area (Å²) in [6, 6.07) is 18.1. The average molecular weight is 483 g/mol. The zero-order valence-corrected chi connectivity index (χ0v) is 19.3. The molecule has 0 spiro atoms. The summed E-state index contributed by atoms with van der Waals surface area (Å²) in [6.45, 7) is 1.15. The summed E-state index contributed by atoms with van der Waals surface area (Å²) in [6.07, 6.45) is 0. The Bertz CT molecular complexity index is 1180. The molecular weight excluding hydrogens is 460 g/mol. The third-order valence-corrected chi connectivity index (χ3v) is 4.86. The van der Waals surface area contributed by atoms with Crippen LogP contribution in [0, 0.1) is 6.92 Å². The molecule has 0 saturated heterocycles. The van der Waals surface area contributed by atoms with Crippen molar-refractivity contribution >= 4 is 40.8 Å². The van der Waals surface area contributed by atoms with Crippen LogP contribution >= 0.6 is 11.6 Å². The first-order valence-electron chi connectivity index (χ1n) is 10.2. The molecule has 3 rings (SSSR count). The normalized spacial score (nSPS) is 10.2. The third-order valence-electron chi connectivity index (χ3n) is 4.62. The second-order valence-corrected chi connectivity index (χ2v) is 7.61. The third kappa shape index (κ3) is 7.25. The van der Waals surface area contributed by atoms with Crippen LogP contribution in [-0.2, 0) is 14.3 Å². The van der Waals surface area contributed by atoms with E-state index in [-0.39, 0.29) is 18.1 Å². The van der Waals surface area contributed by atoms with Crippen molar-refractivity contribution < 1.29 is 28.6 Å². The van der Waals surface area contributed by atoms with Crippen LogP contribution in [0.2, 0.25) is 5.02 Å². The van der Waals surface area contributed by atoms with E-state index in [0.717, 1.165) is 5.56 Å². The highest BCUT2D eigenvalue weighted by atomic mass is 35.5. The van der Waals surface area contributed by atoms with Gasteiger partial charge in [-0.2, -0.15) is 0 Å². The van der Waals surface area contributed by atoms with E-state index in [1.165, 1.54) is 24.3 Å². The molecule has 0 saturated carbocycles. The van der Waals surface area contributed by atoms with Gasteiger partial charge >= 0.3 is 5.97 Å². The number of methoxy groups -OCH3 is 1. The molecule has 0 aliphatic rings. The molecule has 0 aliphatic carbocycles. The molecule has 0 aliphatic heterocycles. The van der Waals surface area contributed by atoms with Crippen LogP contribution in [0.1, 0.15) is 15.9 Å². The molecular formula is C25H23ClN2O6. The van der Waals surface area contributed by atoms with E-state index >= 15 is 0 Å². The van der Waals surface area contributed by atoms with Crippen molar-refractivity contribution in [1.29, 1.82) is 0 Å². The van der Waals surface area contributed by atoms with E-state index in [0.29, 0.717) is 27.9 Å². The molecule has 34 heavy (non-hydrogen) atoms. The van der Waals surface area contributed by atoms with Crippen molar-refractivity contribution in [2.75, 3.05) is 31.0 Å². The monoisotopic (exact) mass is 482 g/mol. The van der Waals surface area contributed by atoms with Crippen LogP contribution in [0.25, 0.3) is 0 Å². The Morgan fingerprint density at radius 2 is 1.59 bits per heavy atom. The number of esters is 1. The first kappa shape index (κ1) is 24.6. The highest BCUT2D eigenvalue weighted by Crippen LogP contribution is 2.20. The van der Waals surface area contributed by atoms with Crippen molar-refractivity contribution in [2.45, 2.75) is 6.92 Å². The van der Waals surface area contributed by atoms with E-state index < -0.39 is 18.5 Å². The van der Waals surface area contributed by atoms with Gasteiger partial charge in [-0.15, -0.1) is 0 Å². The van der Waals surface area contributed by atoms with Gasteiger partial charge < -0.3 is 24.8 Å². The Hall–Kier alpha value is -4.04. The molecule has 3 aromatic rings. The minimum absolute atomic E-state index is 0.218. The summed E-state index contributed by atoms with van der Waals surface area (Å²) in [5, 5.41) is 5.84. The van der Waals surface area contributed by atoms with Crippen LogP contribution in [0.4, 0.5) is 11.4 Å². The summed E-state index contributed by atoms with van der Waals surface area (Å²) < 4.78 is 15.6. The number of halogens is 1. The Kier molecular flexibility index (Phi) is 8.48. The van der Waals surface area contributed by atoms with Crippen molar-refractivity contribution in [3.63, 3.8) is 0 Å². The van der Waals surface area contributed by atoms with Crippen molar-refractivity contribution in [3.05, 3.63) is 82.9 Å². The average Bonchev–Trinajstić information content (AvgIpc) is 2.84. The summed E-state index contributed by atoms with van der Waals surface area (Å²) >= 11 is 5.93. The summed E-state index contributed by atoms with van der Waals surface area (Å²) in [5.74, 6) is -0.483. The van der Waals surface area contributed by atoms with Gasteiger partial charge in [0.15, 0.2) is 13.2 Å². The number of aryl methyl sites for hydroxylation is 1. The predicted octanol–water partition coefficient (Wildman–Crippen LogP) is 4.47. The van der Waals surface area contributed by atoms with Gasteiger partial charge in [-0.1, -0.05) is 23.7 Å². The Morgan fingerprint density at radius 3 is 2.32 bits per heavy atom. The maximum atomic E-state index is 12.2. The van der Waals surface area contributed by atoms with Gasteiger partial charge in [-0.25, -0.2) is 4.79 Å². The highest BCUT2D eigenvalue weighted by molar-refractivity contribution is 6.31. The van der Waals surface area contributed by atoms with Crippen LogP contribution in [0.3, 0.4) is 0 Å². The molecule has 0 heterocycles. The minimum atomic E-state index is -0.666. The van der Waals surface area contributed by atoms with E-state index in [1.54, 1.807) is 49.6 Å². The number of hydrogen-bond acceptors (Lipinski definition) is 6. The number of carbonyl (C=O) groups excluding carboxylic acids is 3. The lowest BCUT2D eigenvalue weighted by Crippen LogP contribution is -2.21. The number of benzene rings is 3. The molecule has 0 radical (unpaired) electrons. The quantitative estimate of drug-likeness (QED) is 0.436. The van der Waals surface area contributed by atoms with Crippen LogP contribution in [-0.4, -0.2) is 38.1 Å². The molecule has 0 bridgehead atoms. The fourth-order valence-electron chi connectivity index (χ4n) is 2.86. The Labute approximate surface area is 201 Å². The molecule has 2 N–H and O–H groups in total. The lowest BCUT2D eigenvalue weighted by atomic mass is 10.2. The van der Waals surface area contributed by atoms with Gasteiger partial charge in [-0.05, 0) is 61.0 Å². The maximum Gasteiger partial charge on any atom is 0.338 e. The minimum Gasteiger partial charge on any atom is -0.497 e. The van der Waals surface area contributed by atoms with Crippen LogP contribution < -0.4 is 20.1 Å². The van der Waals surface area contributed by atoms with Gasteiger partial charge in [0.05, 0.1) is 12.7 Å².